The van der Waals surface area contributed by atoms with E-state index in [-0.39, 0.29) is 12.0 Å². The quantitative estimate of drug-likeness (QED) is 0.124. The van der Waals surface area contributed by atoms with Crippen molar-refractivity contribution in [2.24, 2.45) is 10.7 Å². The van der Waals surface area contributed by atoms with Gasteiger partial charge in [0.15, 0.2) is 0 Å². The van der Waals surface area contributed by atoms with Gasteiger partial charge in [0.1, 0.15) is 17.0 Å². The minimum atomic E-state index is 0.230. The Morgan fingerprint density at radius 3 is 2.40 bits per heavy atom. The molecule has 4 atom stereocenters. The monoisotopic (exact) mass is 757 g/mol. The molecule has 2 heterocycles. The van der Waals surface area contributed by atoms with Gasteiger partial charge in [0.05, 0.1) is 22.7 Å². The summed E-state index contributed by atoms with van der Waals surface area (Å²) in [4.78, 5) is 9.07. The second kappa shape index (κ2) is 15.3. The molecule has 1 aromatic heterocycles. The number of thioether (sulfide) groups is 1. The summed E-state index contributed by atoms with van der Waals surface area (Å²) >= 11 is 1.99. The van der Waals surface area contributed by atoms with Crippen LogP contribution in [-0.4, -0.2) is 22.0 Å². The molecule has 4 unspecified atom stereocenters. The fourth-order valence-electron chi connectivity index (χ4n) is 8.71. The lowest BCUT2D eigenvalue weighted by Gasteiger charge is -2.47. The van der Waals surface area contributed by atoms with E-state index in [1.807, 2.05) is 48.2 Å². The van der Waals surface area contributed by atoms with Gasteiger partial charge in [-0.3, -0.25) is 0 Å². The van der Waals surface area contributed by atoms with E-state index in [0.29, 0.717) is 17.0 Å². The topological polar surface area (TPSA) is 54.8 Å². The van der Waals surface area contributed by atoms with Crippen LogP contribution >= 0.6 is 11.8 Å². The molecule has 3 aliphatic carbocycles. The first-order chi connectivity index (χ1) is 28.2. The number of benzene rings is 5. The van der Waals surface area contributed by atoms with E-state index in [1.54, 1.807) is 0 Å². The maximum absolute atomic E-state index is 6.97. The number of amidine groups is 1. The lowest BCUT2D eigenvalue weighted by Crippen LogP contribution is -2.44. The molecule has 4 nitrogen and oxygen atoms in total. The van der Waals surface area contributed by atoms with Gasteiger partial charge >= 0.3 is 0 Å². The highest BCUT2D eigenvalue weighted by Gasteiger charge is 2.39. The number of rotatable bonds is 8. The van der Waals surface area contributed by atoms with Gasteiger partial charge in [-0.2, -0.15) is 0 Å². The first kappa shape index (κ1) is 35.1. The molecule has 0 spiro atoms. The highest BCUT2D eigenvalue weighted by molar-refractivity contribution is 8.04. The summed E-state index contributed by atoms with van der Waals surface area (Å²) in [5.41, 5.74) is 17.9. The summed E-state index contributed by atoms with van der Waals surface area (Å²) in [5.74, 6) is 1.06. The molecule has 6 aromatic rings. The van der Waals surface area contributed by atoms with Gasteiger partial charge in [-0.05, 0) is 65.8 Å². The van der Waals surface area contributed by atoms with Crippen molar-refractivity contribution in [3.8, 4) is 0 Å². The Morgan fingerprint density at radius 2 is 1.56 bits per heavy atom. The van der Waals surface area contributed by atoms with Gasteiger partial charge < -0.3 is 15.1 Å². The number of nitrogens with zero attached hydrogens (tertiary/aromatic N) is 2. The minimum Gasteiger partial charge on any atom is -0.456 e. The van der Waals surface area contributed by atoms with E-state index in [0.717, 1.165) is 58.0 Å². The van der Waals surface area contributed by atoms with Crippen LogP contribution in [0.25, 0.3) is 27.6 Å². The number of allylic oxidation sites excluding steroid dienone is 9. The van der Waals surface area contributed by atoms with Crippen LogP contribution in [0, 0.1) is 0 Å². The average molecular weight is 758 g/mol. The lowest BCUT2D eigenvalue weighted by molar-refractivity contribution is 0.348. The highest BCUT2D eigenvalue weighted by atomic mass is 32.2. The van der Waals surface area contributed by atoms with Crippen LogP contribution < -0.4 is 5.73 Å². The average Bonchev–Trinajstić information content (AvgIpc) is 3.66. The molecule has 10 rings (SSSR count). The maximum atomic E-state index is 6.97. The Balaban J connectivity index is 0.985. The molecule has 1 saturated heterocycles. The molecular weight excluding hydrogens is 715 g/mol. The van der Waals surface area contributed by atoms with Gasteiger partial charge in [-0.25, -0.2) is 4.99 Å². The third kappa shape index (κ3) is 6.93. The second-order valence-corrected chi connectivity index (χ2v) is 16.3. The van der Waals surface area contributed by atoms with E-state index in [9.17, 15) is 0 Å². The van der Waals surface area contributed by atoms with Crippen molar-refractivity contribution in [1.82, 2.24) is 4.90 Å². The fraction of sp³-hybridized carbons (Fsp3) is 0.135. The summed E-state index contributed by atoms with van der Waals surface area (Å²) in [5, 5.41) is 2.39. The summed E-state index contributed by atoms with van der Waals surface area (Å²) in [7, 11) is 0. The number of nitrogens with two attached hydrogens (primary N) is 1. The van der Waals surface area contributed by atoms with Crippen LogP contribution in [0.2, 0.25) is 0 Å². The van der Waals surface area contributed by atoms with Crippen molar-refractivity contribution in [3.05, 3.63) is 232 Å². The summed E-state index contributed by atoms with van der Waals surface area (Å²) in [6.45, 7) is 0. The van der Waals surface area contributed by atoms with Gasteiger partial charge in [0.2, 0.25) is 0 Å². The molecule has 1 fully saturated rings. The number of hydrogen-bond acceptors (Lipinski definition) is 4. The number of hydrogen-bond donors (Lipinski definition) is 1. The normalized spacial score (nSPS) is 21.9. The van der Waals surface area contributed by atoms with E-state index < -0.39 is 0 Å². The predicted octanol–water partition coefficient (Wildman–Crippen LogP) is 12.4. The standard InChI is InChI=1S/C52H43N3OS/c53-52(54-44(37-18-8-3-9-19-37)29-26-35-14-4-1-5-15-35)42-22-13-24-48-51(42)43-33-39(28-31-47(43)56-48)40-27-30-46-50(34-40)57-49-25-11-10-23-45(49)55(46)41-21-12-20-38(32-41)36-16-6-2-7-17-36/h1-25,28-31,33-34,38,40,45,49H,26-27,32H2,(H2,53,54)/b44-29-. The van der Waals surface area contributed by atoms with Crippen molar-refractivity contribution in [3.63, 3.8) is 0 Å². The zero-order valence-electron chi connectivity index (χ0n) is 31.6. The highest BCUT2D eigenvalue weighted by Crippen LogP contribution is 2.50. The van der Waals surface area contributed by atoms with Crippen molar-refractivity contribution < 1.29 is 4.42 Å². The maximum Gasteiger partial charge on any atom is 0.136 e. The molecular formula is C52H43N3OS. The Labute approximate surface area is 338 Å². The smallest absolute Gasteiger partial charge is 0.136 e. The first-order valence-electron chi connectivity index (χ1n) is 19.9. The van der Waals surface area contributed by atoms with Crippen LogP contribution in [0.5, 0.6) is 0 Å². The zero-order valence-corrected chi connectivity index (χ0v) is 32.4. The van der Waals surface area contributed by atoms with E-state index >= 15 is 0 Å². The summed E-state index contributed by atoms with van der Waals surface area (Å²) < 4.78 is 6.46. The molecule has 4 aliphatic rings. The number of furan rings is 1. The van der Waals surface area contributed by atoms with Crippen molar-refractivity contribution >= 4 is 45.2 Å². The van der Waals surface area contributed by atoms with Crippen LogP contribution in [0.1, 0.15) is 52.5 Å². The van der Waals surface area contributed by atoms with E-state index in [1.165, 1.54) is 33.0 Å². The third-order valence-electron chi connectivity index (χ3n) is 11.6. The Kier molecular flexibility index (Phi) is 9.45. The lowest BCUT2D eigenvalue weighted by atomic mass is 9.87. The summed E-state index contributed by atoms with van der Waals surface area (Å²) in [6, 6.07) is 44.7. The van der Waals surface area contributed by atoms with Gasteiger partial charge in [0.25, 0.3) is 0 Å². The fourth-order valence-corrected chi connectivity index (χ4v) is 10.1. The molecule has 0 saturated carbocycles. The van der Waals surface area contributed by atoms with E-state index in [4.69, 9.17) is 15.1 Å². The molecule has 1 aliphatic heterocycles. The SMILES string of the molecule is NC(=N/C(=C\Cc1ccccc1)c1ccccc1)c1cccc2oc3ccc(C4C=C5SC6C=CC=CC6N(C6=CC=CC(c7ccccc7)C6)C5=CC4)cc3c12. The van der Waals surface area contributed by atoms with Crippen molar-refractivity contribution in [2.75, 3.05) is 0 Å². The molecule has 0 radical (unpaired) electrons. The largest absolute Gasteiger partial charge is 0.456 e. The first-order valence-corrected chi connectivity index (χ1v) is 20.8. The van der Waals surface area contributed by atoms with E-state index in [2.05, 4.69) is 157 Å². The predicted molar refractivity (Wildman–Crippen MR) is 239 cm³/mol. The minimum absolute atomic E-state index is 0.230. The second-order valence-electron chi connectivity index (χ2n) is 15.1. The van der Waals surface area contributed by atoms with Crippen LogP contribution in [0.3, 0.4) is 0 Å². The summed E-state index contributed by atoms with van der Waals surface area (Å²) in [6.07, 6.45) is 25.9. The van der Waals surface area contributed by atoms with Gasteiger partial charge in [0, 0.05) is 38.8 Å². The Bertz CT molecular complexity index is 2710. The molecule has 0 bridgehead atoms. The molecule has 278 valence electrons. The number of fused-ring (bicyclic) bond motifs is 5. The molecule has 5 heteroatoms. The molecule has 57 heavy (non-hydrogen) atoms. The van der Waals surface area contributed by atoms with Crippen LogP contribution in [0.15, 0.2) is 214 Å². The zero-order chi connectivity index (χ0) is 38.1. The molecule has 2 N–H and O–H groups in total. The number of aliphatic imine (C=N–C) groups is 1. The Hall–Kier alpha value is -6.30. The molecule has 0 amide bonds. The van der Waals surface area contributed by atoms with Crippen molar-refractivity contribution in [2.45, 2.75) is 42.4 Å². The third-order valence-corrected chi connectivity index (χ3v) is 12.9. The Morgan fingerprint density at radius 1 is 0.772 bits per heavy atom. The van der Waals surface area contributed by atoms with Gasteiger partial charge in [-0.15, -0.1) is 11.8 Å². The van der Waals surface area contributed by atoms with Crippen molar-refractivity contribution in [1.29, 1.82) is 0 Å². The van der Waals surface area contributed by atoms with Gasteiger partial charge in [-0.1, -0.05) is 164 Å². The van der Waals surface area contributed by atoms with Crippen LogP contribution in [0.4, 0.5) is 0 Å². The van der Waals surface area contributed by atoms with Crippen LogP contribution in [-0.2, 0) is 6.42 Å². The molecule has 5 aromatic carbocycles.